The summed E-state index contributed by atoms with van der Waals surface area (Å²) < 4.78 is 0. The summed E-state index contributed by atoms with van der Waals surface area (Å²) in [6.45, 7) is 2.11. The summed E-state index contributed by atoms with van der Waals surface area (Å²) in [7, 11) is 0. The molecule has 0 aliphatic carbocycles. The molecule has 6 heteroatoms. The van der Waals surface area contributed by atoms with Crippen molar-refractivity contribution in [1.29, 1.82) is 0 Å². The monoisotopic (exact) mass is 354 g/mol. The molecule has 3 N–H and O–H groups in total. The fraction of sp³-hybridized carbons (Fsp3) is 0.400. The fourth-order valence-electron chi connectivity index (χ4n) is 3.53. The van der Waals surface area contributed by atoms with Crippen LogP contribution in [-0.2, 0) is 16.1 Å². The zero-order valence-electron chi connectivity index (χ0n) is 14.9. The Kier molecular flexibility index (Phi) is 6.07. The number of aromatic nitrogens is 1. The standard InChI is InChI=1S/C20H26N4O2/c21-19(25)10-13-24(14-16-6-2-1-3-7-16)20(26)15-23-12-5-9-18(23)17-8-4-11-22-17/h1-4,6-8,11,18,22H,5,9-10,12-15H2,(H2,21,25). The molecule has 1 aromatic heterocycles. The molecule has 0 saturated carbocycles. The third-order valence-electron chi connectivity index (χ3n) is 4.88. The van der Waals surface area contributed by atoms with Gasteiger partial charge in [0.2, 0.25) is 11.8 Å². The van der Waals surface area contributed by atoms with Crippen molar-refractivity contribution >= 4 is 11.8 Å². The van der Waals surface area contributed by atoms with E-state index in [1.54, 1.807) is 4.90 Å². The molecule has 1 atom stereocenters. The molecule has 0 radical (unpaired) electrons. The largest absolute Gasteiger partial charge is 0.370 e. The Morgan fingerprint density at radius 3 is 2.69 bits per heavy atom. The molecule has 1 aliphatic heterocycles. The normalized spacial score (nSPS) is 17.3. The van der Waals surface area contributed by atoms with Crippen molar-refractivity contribution in [2.75, 3.05) is 19.6 Å². The van der Waals surface area contributed by atoms with Crippen molar-refractivity contribution in [3.05, 3.63) is 59.9 Å². The van der Waals surface area contributed by atoms with Gasteiger partial charge < -0.3 is 15.6 Å². The Labute approximate surface area is 154 Å². The lowest BCUT2D eigenvalue weighted by Crippen LogP contribution is -2.41. The van der Waals surface area contributed by atoms with Gasteiger partial charge in [0.1, 0.15) is 0 Å². The van der Waals surface area contributed by atoms with E-state index < -0.39 is 0 Å². The molecule has 3 rings (SSSR count). The number of nitrogens with two attached hydrogens (primary N) is 1. The number of hydrogen-bond acceptors (Lipinski definition) is 3. The first kappa shape index (κ1) is 18.2. The van der Waals surface area contributed by atoms with Gasteiger partial charge in [0.05, 0.1) is 12.6 Å². The van der Waals surface area contributed by atoms with Gasteiger partial charge in [-0.25, -0.2) is 0 Å². The van der Waals surface area contributed by atoms with Crippen molar-refractivity contribution in [2.24, 2.45) is 5.73 Å². The second kappa shape index (κ2) is 8.67. The van der Waals surface area contributed by atoms with Gasteiger partial charge in [-0.2, -0.15) is 0 Å². The van der Waals surface area contributed by atoms with Gasteiger partial charge in [-0.1, -0.05) is 30.3 Å². The zero-order valence-corrected chi connectivity index (χ0v) is 14.9. The maximum atomic E-state index is 13.0. The summed E-state index contributed by atoms with van der Waals surface area (Å²) in [5, 5.41) is 0. The number of rotatable bonds is 8. The molecule has 2 heterocycles. The zero-order chi connectivity index (χ0) is 18.4. The Balaban J connectivity index is 1.67. The van der Waals surface area contributed by atoms with Crippen LogP contribution < -0.4 is 5.73 Å². The molecule has 1 saturated heterocycles. The number of aromatic amines is 1. The minimum atomic E-state index is -0.388. The van der Waals surface area contributed by atoms with E-state index in [-0.39, 0.29) is 24.3 Å². The van der Waals surface area contributed by atoms with E-state index in [4.69, 9.17) is 5.73 Å². The van der Waals surface area contributed by atoms with Gasteiger partial charge in [0.25, 0.3) is 0 Å². The molecule has 1 unspecified atom stereocenters. The quantitative estimate of drug-likeness (QED) is 0.761. The molecular formula is C20H26N4O2. The molecule has 2 aromatic rings. The van der Waals surface area contributed by atoms with Gasteiger partial charge in [-0.15, -0.1) is 0 Å². The number of H-pyrrole nitrogens is 1. The predicted octanol–water partition coefficient (Wildman–Crippen LogP) is 2.06. The summed E-state index contributed by atoms with van der Waals surface area (Å²) in [6.07, 6.45) is 4.23. The number of primary amides is 1. The van der Waals surface area contributed by atoms with Crippen LogP contribution in [0.15, 0.2) is 48.7 Å². The lowest BCUT2D eigenvalue weighted by molar-refractivity contribution is -0.133. The first-order chi connectivity index (χ1) is 12.6. The topological polar surface area (TPSA) is 82.4 Å². The molecule has 138 valence electrons. The van der Waals surface area contributed by atoms with Gasteiger partial charge in [0, 0.05) is 31.4 Å². The van der Waals surface area contributed by atoms with Gasteiger partial charge >= 0.3 is 0 Å². The van der Waals surface area contributed by atoms with Crippen LogP contribution >= 0.6 is 0 Å². The van der Waals surface area contributed by atoms with Crippen molar-refractivity contribution in [1.82, 2.24) is 14.8 Å². The fourth-order valence-corrected chi connectivity index (χ4v) is 3.53. The van der Waals surface area contributed by atoms with E-state index in [1.807, 2.05) is 42.6 Å². The smallest absolute Gasteiger partial charge is 0.237 e. The highest BCUT2D eigenvalue weighted by Gasteiger charge is 2.29. The van der Waals surface area contributed by atoms with Crippen molar-refractivity contribution in [2.45, 2.75) is 31.8 Å². The minimum Gasteiger partial charge on any atom is -0.370 e. The summed E-state index contributed by atoms with van der Waals surface area (Å²) >= 11 is 0. The number of likely N-dealkylation sites (tertiary alicyclic amines) is 1. The summed E-state index contributed by atoms with van der Waals surface area (Å²) in [6, 6.07) is 14.1. The molecule has 1 aromatic carbocycles. The first-order valence-electron chi connectivity index (χ1n) is 9.11. The lowest BCUT2D eigenvalue weighted by atomic mass is 10.1. The Bertz CT molecular complexity index is 715. The third-order valence-corrected chi connectivity index (χ3v) is 4.88. The van der Waals surface area contributed by atoms with Crippen LogP contribution in [0.2, 0.25) is 0 Å². The lowest BCUT2D eigenvalue weighted by Gasteiger charge is -2.28. The molecule has 6 nitrogen and oxygen atoms in total. The minimum absolute atomic E-state index is 0.0357. The third kappa shape index (κ3) is 4.73. The number of hydrogen-bond donors (Lipinski definition) is 2. The summed E-state index contributed by atoms with van der Waals surface area (Å²) in [5.74, 6) is -0.352. The molecule has 26 heavy (non-hydrogen) atoms. The molecule has 1 aliphatic rings. The van der Waals surface area contributed by atoms with Crippen LogP contribution in [0.4, 0.5) is 0 Å². The van der Waals surface area contributed by atoms with Crippen molar-refractivity contribution in [3.8, 4) is 0 Å². The van der Waals surface area contributed by atoms with Gasteiger partial charge in [-0.3, -0.25) is 14.5 Å². The van der Waals surface area contributed by atoms with E-state index in [9.17, 15) is 9.59 Å². The van der Waals surface area contributed by atoms with Crippen LogP contribution in [0, 0.1) is 0 Å². The first-order valence-corrected chi connectivity index (χ1v) is 9.11. The Morgan fingerprint density at radius 2 is 2.00 bits per heavy atom. The van der Waals surface area contributed by atoms with Crippen molar-refractivity contribution in [3.63, 3.8) is 0 Å². The van der Waals surface area contributed by atoms with E-state index in [0.717, 1.165) is 30.6 Å². The van der Waals surface area contributed by atoms with E-state index in [0.29, 0.717) is 19.6 Å². The van der Waals surface area contributed by atoms with E-state index in [1.165, 1.54) is 0 Å². The molecule has 2 amide bonds. The molecule has 1 fully saturated rings. The average Bonchev–Trinajstić information content (AvgIpc) is 3.30. The van der Waals surface area contributed by atoms with E-state index >= 15 is 0 Å². The maximum absolute atomic E-state index is 13.0. The molecule has 0 bridgehead atoms. The Morgan fingerprint density at radius 1 is 1.19 bits per heavy atom. The highest BCUT2D eigenvalue weighted by molar-refractivity contribution is 5.79. The van der Waals surface area contributed by atoms with E-state index in [2.05, 4.69) is 16.0 Å². The second-order valence-electron chi connectivity index (χ2n) is 6.77. The van der Waals surface area contributed by atoms with Gasteiger partial charge in [0.15, 0.2) is 0 Å². The summed E-state index contributed by atoms with van der Waals surface area (Å²) in [4.78, 5) is 31.4. The number of benzene rings is 1. The predicted molar refractivity (Wildman–Crippen MR) is 100 cm³/mol. The average molecular weight is 354 g/mol. The highest BCUT2D eigenvalue weighted by Crippen LogP contribution is 2.30. The number of amides is 2. The van der Waals surface area contributed by atoms with Crippen LogP contribution in [0.5, 0.6) is 0 Å². The summed E-state index contributed by atoms with van der Waals surface area (Å²) in [5.41, 5.74) is 7.50. The Hall–Kier alpha value is -2.60. The highest BCUT2D eigenvalue weighted by atomic mass is 16.2. The second-order valence-corrected chi connectivity index (χ2v) is 6.77. The van der Waals surface area contributed by atoms with Crippen molar-refractivity contribution < 1.29 is 9.59 Å². The SMILES string of the molecule is NC(=O)CCN(Cc1ccccc1)C(=O)CN1CCCC1c1ccc[nH]1. The molecular weight excluding hydrogens is 328 g/mol. The van der Waals surface area contributed by atoms with Crippen LogP contribution in [0.1, 0.15) is 36.6 Å². The van der Waals surface area contributed by atoms with Crippen LogP contribution in [-0.4, -0.2) is 46.2 Å². The maximum Gasteiger partial charge on any atom is 0.237 e. The van der Waals surface area contributed by atoms with Gasteiger partial charge in [-0.05, 0) is 37.1 Å². The number of nitrogens with one attached hydrogen (secondary N) is 1. The number of nitrogens with zero attached hydrogens (tertiary/aromatic N) is 2. The molecule has 0 spiro atoms. The number of carbonyl (C=O) groups excluding carboxylic acids is 2. The number of carbonyl (C=O) groups is 2. The van der Waals surface area contributed by atoms with Crippen LogP contribution in [0.3, 0.4) is 0 Å². The van der Waals surface area contributed by atoms with Crippen LogP contribution in [0.25, 0.3) is 0 Å².